The van der Waals surface area contributed by atoms with Gasteiger partial charge in [-0.15, -0.1) is 0 Å². The van der Waals surface area contributed by atoms with Crippen molar-refractivity contribution in [3.05, 3.63) is 59.9 Å². The van der Waals surface area contributed by atoms with Crippen molar-refractivity contribution in [1.82, 2.24) is 9.88 Å². The number of anilines is 1. The van der Waals surface area contributed by atoms with Crippen molar-refractivity contribution < 1.29 is 9.59 Å². The summed E-state index contributed by atoms with van der Waals surface area (Å²) < 4.78 is 0. The maximum atomic E-state index is 12.3. The van der Waals surface area contributed by atoms with Gasteiger partial charge in [0.15, 0.2) is 0 Å². The van der Waals surface area contributed by atoms with E-state index in [1.165, 1.54) is 0 Å². The molecule has 1 aromatic carbocycles. The van der Waals surface area contributed by atoms with Crippen LogP contribution in [-0.4, -0.2) is 21.7 Å². The van der Waals surface area contributed by atoms with Crippen molar-refractivity contribution in [3.63, 3.8) is 0 Å². The molecule has 5 nitrogen and oxygen atoms in total. The average Bonchev–Trinajstić information content (AvgIpc) is 3.17. The Morgan fingerprint density at radius 2 is 1.85 bits per heavy atom. The van der Waals surface area contributed by atoms with Gasteiger partial charge in [-0.3, -0.25) is 14.6 Å². The zero-order valence-electron chi connectivity index (χ0n) is 15.1. The quantitative estimate of drug-likeness (QED) is 0.862. The summed E-state index contributed by atoms with van der Waals surface area (Å²) in [6, 6.07) is 11.6. The van der Waals surface area contributed by atoms with Gasteiger partial charge in [0.05, 0.1) is 0 Å². The normalized spacial score (nSPS) is 14.2. The maximum absolute atomic E-state index is 12.3. The summed E-state index contributed by atoms with van der Waals surface area (Å²) in [5.74, 6) is 0.255. The van der Waals surface area contributed by atoms with E-state index in [1.807, 2.05) is 36.4 Å². The number of benzene rings is 1. The van der Waals surface area contributed by atoms with Gasteiger partial charge >= 0.3 is 0 Å². The molecular formula is C21H25N3O2. The first-order chi connectivity index (χ1) is 12.6. The Morgan fingerprint density at radius 1 is 1.12 bits per heavy atom. The summed E-state index contributed by atoms with van der Waals surface area (Å²) in [5, 5.41) is 3.02. The first-order valence-electron chi connectivity index (χ1n) is 9.16. The maximum Gasteiger partial charge on any atom is 0.227 e. The smallest absolute Gasteiger partial charge is 0.227 e. The summed E-state index contributed by atoms with van der Waals surface area (Å²) in [7, 11) is 0. The van der Waals surface area contributed by atoms with Crippen molar-refractivity contribution in [2.75, 3.05) is 5.32 Å². The molecule has 1 N–H and O–H groups in total. The fraction of sp³-hybridized carbons (Fsp3) is 0.381. The molecule has 0 spiro atoms. The fourth-order valence-electron chi connectivity index (χ4n) is 3.39. The topological polar surface area (TPSA) is 62.3 Å². The van der Waals surface area contributed by atoms with E-state index in [2.05, 4.69) is 10.3 Å². The predicted molar refractivity (Wildman–Crippen MR) is 101 cm³/mol. The molecule has 0 saturated heterocycles. The molecule has 2 aromatic rings. The van der Waals surface area contributed by atoms with Gasteiger partial charge < -0.3 is 10.2 Å². The van der Waals surface area contributed by atoms with Crippen LogP contribution in [0.4, 0.5) is 5.69 Å². The second kappa shape index (κ2) is 8.61. The number of rotatable bonds is 6. The van der Waals surface area contributed by atoms with Crippen LogP contribution in [0.1, 0.15) is 43.7 Å². The molecule has 0 radical (unpaired) electrons. The third-order valence-electron chi connectivity index (χ3n) is 4.84. The number of amides is 2. The number of nitrogens with zero attached hydrogens (tertiary/aromatic N) is 2. The van der Waals surface area contributed by atoms with E-state index in [1.54, 1.807) is 24.2 Å². The van der Waals surface area contributed by atoms with Gasteiger partial charge in [-0.25, -0.2) is 0 Å². The van der Waals surface area contributed by atoms with E-state index >= 15 is 0 Å². The molecule has 1 heterocycles. The molecule has 5 heteroatoms. The molecule has 1 fully saturated rings. The monoisotopic (exact) mass is 351 g/mol. The van der Waals surface area contributed by atoms with E-state index in [4.69, 9.17) is 0 Å². The molecule has 26 heavy (non-hydrogen) atoms. The third-order valence-corrected chi connectivity index (χ3v) is 4.84. The lowest BCUT2D eigenvalue weighted by atomic mass is 10.1. The minimum atomic E-state index is 0.00856. The highest BCUT2D eigenvalue weighted by Gasteiger charge is 2.22. The minimum absolute atomic E-state index is 0.00856. The highest BCUT2D eigenvalue weighted by molar-refractivity contribution is 5.92. The van der Waals surface area contributed by atoms with Gasteiger partial charge in [-0.05, 0) is 42.2 Å². The van der Waals surface area contributed by atoms with Gasteiger partial charge in [-0.2, -0.15) is 0 Å². The summed E-state index contributed by atoms with van der Waals surface area (Å²) in [6.07, 6.45) is 7.73. The van der Waals surface area contributed by atoms with E-state index in [9.17, 15) is 9.59 Å². The van der Waals surface area contributed by atoms with Crippen LogP contribution in [0.3, 0.4) is 0 Å². The van der Waals surface area contributed by atoms with Crippen molar-refractivity contribution in [3.8, 4) is 0 Å². The molecule has 0 bridgehead atoms. The SMILES string of the molecule is CC(=O)N(Cc1cccnc1)Cc1cccc(NC(=O)C2CCCC2)c1. The molecule has 1 aromatic heterocycles. The van der Waals surface area contributed by atoms with Crippen LogP contribution in [0.15, 0.2) is 48.8 Å². The van der Waals surface area contributed by atoms with E-state index in [0.717, 1.165) is 42.5 Å². The van der Waals surface area contributed by atoms with Gasteiger partial charge in [0.1, 0.15) is 0 Å². The molecule has 1 aliphatic rings. The van der Waals surface area contributed by atoms with E-state index in [0.29, 0.717) is 13.1 Å². The highest BCUT2D eigenvalue weighted by Crippen LogP contribution is 2.26. The number of hydrogen-bond acceptors (Lipinski definition) is 3. The van der Waals surface area contributed by atoms with Gasteiger partial charge in [0, 0.05) is 44.0 Å². The number of pyridine rings is 1. The van der Waals surface area contributed by atoms with Crippen molar-refractivity contribution in [1.29, 1.82) is 0 Å². The van der Waals surface area contributed by atoms with Crippen LogP contribution in [0.2, 0.25) is 0 Å². The zero-order valence-corrected chi connectivity index (χ0v) is 15.1. The van der Waals surface area contributed by atoms with Crippen molar-refractivity contribution in [2.45, 2.75) is 45.7 Å². The number of aromatic nitrogens is 1. The molecule has 1 aliphatic carbocycles. The Kier molecular flexibility index (Phi) is 6.00. The van der Waals surface area contributed by atoms with Crippen molar-refractivity contribution in [2.24, 2.45) is 5.92 Å². The Balaban J connectivity index is 1.66. The van der Waals surface area contributed by atoms with Crippen LogP contribution in [-0.2, 0) is 22.7 Å². The number of hydrogen-bond donors (Lipinski definition) is 1. The molecule has 136 valence electrons. The Morgan fingerprint density at radius 3 is 2.54 bits per heavy atom. The Hall–Kier alpha value is -2.69. The van der Waals surface area contributed by atoms with Gasteiger partial charge in [-0.1, -0.05) is 31.0 Å². The summed E-state index contributed by atoms with van der Waals surface area (Å²) >= 11 is 0. The first-order valence-corrected chi connectivity index (χ1v) is 9.16. The van der Waals surface area contributed by atoms with Crippen molar-refractivity contribution >= 4 is 17.5 Å². The number of nitrogens with one attached hydrogen (secondary N) is 1. The molecular weight excluding hydrogens is 326 g/mol. The van der Waals surface area contributed by atoms with Crippen LogP contribution in [0.5, 0.6) is 0 Å². The molecule has 3 rings (SSSR count). The Bertz CT molecular complexity index is 755. The highest BCUT2D eigenvalue weighted by atomic mass is 16.2. The second-order valence-electron chi connectivity index (χ2n) is 6.91. The van der Waals surface area contributed by atoms with Crippen LogP contribution in [0, 0.1) is 5.92 Å². The predicted octanol–water partition coefficient (Wildman–Crippen LogP) is 3.76. The molecule has 2 amide bonds. The van der Waals surface area contributed by atoms with Gasteiger partial charge in [0.2, 0.25) is 11.8 Å². The van der Waals surface area contributed by atoms with Crippen LogP contribution >= 0.6 is 0 Å². The largest absolute Gasteiger partial charge is 0.334 e. The number of carbonyl (C=O) groups is 2. The van der Waals surface area contributed by atoms with E-state index < -0.39 is 0 Å². The van der Waals surface area contributed by atoms with Crippen LogP contribution < -0.4 is 5.32 Å². The van der Waals surface area contributed by atoms with Gasteiger partial charge in [0.25, 0.3) is 0 Å². The minimum Gasteiger partial charge on any atom is -0.334 e. The standard InChI is InChI=1S/C21H25N3O2/c1-16(25)24(15-18-7-5-11-22-13-18)14-17-6-4-10-20(12-17)23-21(26)19-8-2-3-9-19/h4-7,10-13,19H,2-3,8-9,14-15H2,1H3,(H,23,26). The zero-order chi connectivity index (χ0) is 18.4. The molecule has 1 saturated carbocycles. The van der Waals surface area contributed by atoms with E-state index in [-0.39, 0.29) is 17.7 Å². The summed E-state index contributed by atoms with van der Waals surface area (Å²) in [6.45, 7) is 2.58. The third kappa shape index (κ3) is 4.91. The molecule has 0 unspecified atom stereocenters. The van der Waals surface area contributed by atoms with Crippen LogP contribution in [0.25, 0.3) is 0 Å². The Labute approximate surface area is 154 Å². The molecule has 0 atom stereocenters. The fourth-order valence-corrected chi connectivity index (χ4v) is 3.39. The first kappa shape index (κ1) is 18.1. The lowest BCUT2D eigenvalue weighted by molar-refractivity contribution is -0.130. The summed E-state index contributed by atoms with van der Waals surface area (Å²) in [4.78, 5) is 30.2. The lowest BCUT2D eigenvalue weighted by Gasteiger charge is -2.21. The lowest BCUT2D eigenvalue weighted by Crippen LogP contribution is -2.27. The average molecular weight is 351 g/mol. The summed E-state index contributed by atoms with van der Waals surface area (Å²) in [5.41, 5.74) is 2.78. The second-order valence-corrected chi connectivity index (χ2v) is 6.91. The molecule has 0 aliphatic heterocycles. The number of carbonyl (C=O) groups excluding carboxylic acids is 2.